The van der Waals surface area contributed by atoms with Crippen molar-refractivity contribution in [2.45, 2.75) is 64.7 Å². The molecule has 0 bridgehead atoms. The van der Waals surface area contributed by atoms with Crippen LogP contribution < -0.4 is 10.9 Å². The number of thiophene rings is 1. The highest BCUT2D eigenvalue weighted by Crippen LogP contribution is 2.36. The average Bonchev–Trinajstić information content (AvgIpc) is 2.99. The Kier molecular flexibility index (Phi) is 6.65. The van der Waals surface area contributed by atoms with Crippen molar-refractivity contribution in [3.8, 4) is 0 Å². The fourth-order valence-corrected chi connectivity index (χ4v) is 5.64. The Balaban J connectivity index is 1.91. The summed E-state index contributed by atoms with van der Waals surface area (Å²) in [5.74, 6) is 1.23. The van der Waals surface area contributed by atoms with Crippen molar-refractivity contribution < 1.29 is 4.79 Å². The molecule has 2 aromatic rings. The van der Waals surface area contributed by atoms with E-state index in [1.165, 1.54) is 22.2 Å². The van der Waals surface area contributed by atoms with E-state index in [4.69, 9.17) is 4.98 Å². The van der Waals surface area contributed by atoms with Gasteiger partial charge in [-0.15, -0.1) is 17.9 Å². The van der Waals surface area contributed by atoms with Crippen molar-refractivity contribution in [1.29, 1.82) is 0 Å². The summed E-state index contributed by atoms with van der Waals surface area (Å²) in [4.78, 5) is 32.4. The third kappa shape index (κ3) is 4.35. The van der Waals surface area contributed by atoms with Crippen LogP contribution in [0.3, 0.4) is 0 Å². The molecule has 28 heavy (non-hydrogen) atoms. The number of rotatable bonds is 7. The molecule has 1 N–H and O–H groups in total. The molecule has 1 amide bonds. The predicted molar refractivity (Wildman–Crippen MR) is 118 cm³/mol. The van der Waals surface area contributed by atoms with Crippen LogP contribution in [0.25, 0.3) is 10.2 Å². The van der Waals surface area contributed by atoms with Crippen molar-refractivity contribution in [2.24, 2.45) is 11.8 Å². The monoisotopic (exact) mass is 419 g/mol. The van der Waals surface area contributed by atoms with E-state index in [1.807, 2.05) is 6.92 Å². The molecule has 0 saturated carbocycles. The molecular formula is C21H29N3O2S2. The number of hydrogen-bond donors (Lipinski definition) is 1. The third-order valence-corrected chi connectivity index (χ3v) is 7.54. The third-order valence-electron chi connectivity index (χ3n) is 5.41. The Morgan fingerprint density at radius 1 is 1.46 bits per heavy atom. The number of hydrogen-bond acceptors (Lipinski definition) is 5. The highest BCUT2D eigenvalue weighted by molar-refractivity contribution is 7.99. The number of allylic oxidation sites excluding steroid dienone is 1. The Morgan fingerprint density at radius 2 is 2.21 bits per heavy atom. The normalized spacial score (nSPS) is 17.5. The van der Waals surface area contributed by atoms with Crippen LogP contribution in [0.4, 0.5) is 0 Å². The molecule has 2 atom stereocenters. The molecule has 7 heteroatoms. The maximum Gasteiger partial charge on any atom is 0.263 e. The van der Waals surface area contributed by atoms with Gasteiger partial charge in [0, 0.05) is 17.5 Å². The van der Waals surface area contributed by atoms with Crippen LogP contribution in [0.15, 0.2) is 22.6 Å². The molecule has 0 aliphatic heterocycles. The van der Waals surface area contributed by atoms with E-state index in [1.54, 1.807) is 22.0 Å². The Hall–Kier alpha value is -1.60. The quantitative estimate of drug-likeness (QED) is 0.418. The molecule has 0 spiro atoms. The standard InChI is InChI=1S/C21H29N3O2S2/c1-6-9-24-20(26)18-15-8-7-13(4)10-16(15)28-19(18)23-21(24)27-11-17(25)22-14(5)12(2)3/h6,12-14H,1,7-11H2,2-5H3,(H,22,25)/t13-,14-/m1/s1. The van der Waals surface area contributed by atoms with Gasteiger partial charge in [-0.3, -0.25) is 14.2 Å². The lowest BCUT2D eigenvalue weighted by molar-refractivity contribution is -0.119. The zero-order valence-electron chi connectivity index (χ0n) is 17.1. The van der Waals surface area contributed by atoms with Crippen LogP contribution in [0, 0.1) is 11.8 Å². The summed E-state index contributed by atoms with van der Waals surface area (Å²) in [7, 11) is 0. The van der Waals surface area contributed by atoms with E-state index in [0.717, 1.165) is 29.5 Å². The van der Waals surface area contributed by atoms with Gasteiger partial charge in [0.1, 0.15) is 4.83 Å². The maximum atomic E-state index is 13.2. The number of aryl methyl sites for hydroxylation is 1. The highest BCUT2D eigenvalue weighted by atomic mass is 32.2. The zero-order valence-corrected chi connectivity index (χ0v) is 18.7. The molecule has 0 saturated heterocycles. The summed E-state index contributed by atoms with van der Waals surface area (Å²) in [5.41, 5.74) is 1.18. The van der Waals surface area contributed by atoms with E-state index >= 15 is 0 Å². The molecule has 0 radical (unpaired) electrons. The summed E-state index contributed by atoms with van der Waals surface area (Å²) < 4.78 is 1.66. The average molecular weight is 420 g/mol. The van der Waals surface area contributed by atoms with E-state index in [0.29, 0.717) is 23.5 Å². The van der Waals surface area contributed by atoms with Gasteiger partial charge in [0.15, 0.2) is 5.16 Å². The Bertz CT molecular complexity index is 945. The molecule has 1 aliphatic carbocycles. The lowest BCUT2D eigenvalue weighted by Crippen LogP contribution is -2.37. The van der Waals surface area contributed by atoms with Crippen molar-refractivity contribution in [3.63, 3.8) is 0 Å². The van der Waals surface area contributed by atoms with Gasteiger partial charge in [0.05, 0.1) is 11.1 Å². The van der Waals surface area contributed by atoms with Crippen molar-refractivity contribution in [2.75, 3.05) is 5.75 Å². The first-order valence-corrected chi connectivity index (χ1v) is 11.7. The first kappa shape index (κ1) is 21.1. The van der Waals surface area contributed by atoms with Gasteiger partial charge in [-0.25, -0.2) is 4.98 Å². The lowest BCUT2D eigenvalue weighted by atomic mass is 9.89. The molecule has 2 heterocycles. The first-order valence-electron chi connectivity index (χ1n) is 9.90. The first-order chi connectivity index (χ1) is 13.3. The molecule has 0 aromatic carbocycles. The number of nitrogens with one attached hydrogen (secondary N) is 1. The number of aromatic nitrogens is 2. The summed E-state index contributed by atoms with van der Waals surface area (Å²) in [5, 5.41) is 4.37. The van der Waals surface area contributed by atoms with Crippen LogP contribution in [-0.4, -0.2) is 27.3 Å². The number of carbonyl (C=O) groups excluding carboxylic acids is 1. The van der Waals surface area contributed by atoms with Gasteiger partial charge in [0.25, 0.3) is 5.56 Å². The smallest absolute Gasteiger partial charge is 0.263 e. The molecule has 3 rings (SSSR count). The second-order valence-corrected chi connectivity index (χ2v) is 10.0. The van der Waals surface area contributed by atoms with Crippen molar-refractivity contribution in [3.05, 3.63) is 33.4 Å². The van der Waals surface area contributed by atoms with E-state index in [-0.39, 0.29) is 23.3 Å². The summed E-state index contributed by atoms with van der Waals surface area (Å²) in [6.07, 6.45) is 4.80. The van der Waals surface area contributed by atoms with Crippen molar-refractivity contribution in [1.82, 2.24) is 14.9 Å². The fraction of sp³-hybridized carbons (Fsp3) is 0.571. The van der Waals surface area contributed by atoms with Crippen molar-refractivity contribution >= 4 is 39.2 Å². The zero-order chi connectivity index (χ0) is 20.4. The predicted octanol–water partition coefficient (Wildman–Crippen LogP) is 4.02. The summed E-state index contributed by atoms with van der Waals surface area (Å²) in [6, 6.07) is 0.116. The van der Waals surface area contributed by atoms with Gasteiger partial charge in [0.2, 0.25) is 5.91 Å². The van der Waals surface area contributed by atoms with Gasteiger partial charge < -0.3 is 5.32 Å². The van der Waals surface area contributed by atoms with Gasteiger partial charge >= 0.3 is 0 Å². The topological polar surface area (TPSA) is 64.0 Å². The summed E-state index contributed by atoms with van der Waals surface area (Å²) >= 11 is 2.97. The van der Waals surface area contributed by atoms with Crippen LogP contribution >= 0.6 is 23.1 Å². The number of thioether (sulfide) groups is 1. The molecule has 152 valence electrons. The minimum Gasteiger partial charge on any atom is -0.353 e. The van der Waals surface area contributed by atoms with Crippen LogP contribution in [0.1, 0.15) is 44.6 Å². The lowest BCUT2D eigenvalue weighted by Gasteiger charge is -2.18. The second kappa shape index (κ2) is 8.82. The minimum absolute atomic E-state index is 0.00425. The van der Waals surface area contributed by atoms with Crippen LogP contribution in [0.2, 0.25) is 0 Å². The van der Waals surface area contributed by atoms with Crippen LogP contribution in [-0.2, 0) is 24.2 Å². The summed E-state index contributed by atoms with van der Waals surface area (Å²) in [6.45, 7) is 12.6. The molecule has 0 unspecified atom stereocenters. The maximum absolute atomic E-state index is 13.2. The van der Waals surface area contributed by atoms with Gasteiger partial charge in [-0.05, 0) is 43.6 Å². The number of nitrogens with zero attached hydrogens (tertiary/aromatic N) is 2. The largest absolute Gasteiger partial charge is 0.353 e. The van der Waals surface area contributed by atoms with E-state index in [2.05, 4.69) is 32.7 Å². The number of carbonyl (C=O) groups is 1. The van der Waals surface area contributed by atoms with E-state index in [9.17, 15) is 9.59 Å². The molecule has 1 aliphatic rings. The Labute approximate surface area is 174 Å². The fourth-order valence-electron chi connectivity index (χ4n) is 3.40. The molecule has 0 fully saturated rings. The number of fused-ring (bicyclic) bond motifs is 3. The number of amides is 1. The van der Waals surface area contributed by atoms with Gasteiger partial charge in [-0.1, -0.05) is 38.6 Å². The molecule has 5 nitrogen and oxygen atoms in total. The van der Waals surface area contributed by atoms with Crippen LogP contribution in [0.5, 0.6) is 0 Å². The van der Waals surface area contributed by atoms with E-state index < -0.39 is 0 Å². The SMILES string of the molecule is C=CCn1c(SCC(=O)N[C@H](C)C(C)C)nc2sc3c(c2c1=O)CC[C@@H](C)C3. The molecule has 2 aromatic heterocycles. The molecular weight excluding hydrogens is 390 g/mol. The highest BCUT2D eigenvalue weighted by Gasteiger charge is 2.24. The minimum atomic E-state index is -0.0370. The second-order valence-electron chi connectivity index (χ2n) is 8.02. The Morgan fingerprint density at radius 3 is 2.89 bits per heavy atom. The van der Waals surface area contributed by atoms with Gasteiger partial charge in [-0.2, -0.15) is 0 Å².